The van der Waals surface area contributed by atoms with E-state index in [-0.39, 0.29) is 50.8 Å². The maximum atomic E-state index is 14.1. The van der Waals surface area contributed by atoms with Crippen molar-refractivity contribution in [1.29, 1.82) is 0 Å². The molecule has 1 aromatic rings. The van der Waals surface area contributed by atoms with Gasteiger partial charge in [0.2, 0.25) is 11.8 Å². The fourth-order valence-corrected chi connectivity index (χ4v) is 3.86. The Morgan fingerprint density at radius 3 is 2.69 bits per heavy atom. The third-order valence-electron chi connectivity index (χ3n) is 5.78. The Balaban J connectivity index is 1.39. The van der Waals surface area contributed by atoms with Crippen LogP contribution in [0.3, 0.4) is 0 Å². The third kappa shape index (κ3) is 3.52. The second-order valence-corrected chi connectivity index (χ2v) is 7.83. The molecule has 1 unspecified atom stereocenters. The molecule has 0 aromatic heterocycles. The largest absolute Gasteiger partial charge is 0.381 e. The monoisotopic (exact) mass is 408 g/mol. The number of aliphatic hydroxyl groups is 1. The SMILES string of the molecule is O=C1CCC(N2Cc3ccc(CNCC(F)(F)C4(O)CNC4)cc3C2=O)C(=O)N1. The average molecular weight is 408 g/mol. The van der Waals surface area contributed by atoms with Crippen LogP contribution in [-0.4, -0.2) is 64.9 Å². The summed E-state index contributed by atoms with van der Waals surface area (Å²) in [6.45, 7) is -0.598. The maximum absolute atomic E-state index is 14.1. The van der Waals surface area contributed by atoms with E-state index in [4.69, 9.17) is 0 Å². The Morgan fingerprint density at radius 1 is 1.28 bits per heavy atom. The van der Waals surface area contributed by atoms with Crippen molar-refractivity contribution in [2.45, 2.75) is 43.5 Å². The molecule has 3 aliphatic rings. The fourth-order valence-electron chi connectivity index (χ4n) is 3.86. The van der Waals surface area contributed by atoms with E-state index < -0.39 is 30.0 Å². The first kappa shape index (κ1) is 19.9. The van der Waals surface area contributed by atoms with Crippen LogP contribution in [0.5, 0.6) is 0 Å². The van der Waals surface area contributed by atoms with Gasteiger partial charge in [0.05, 0.1) is 6.54 Å². The highest BCUT2D eigenvalue weighted by Gasteiger charge is 2.56. The number of imide groups is 1. The number of nitrogens with one attached hydrogen (secondary N) is 3. The summed E-state index contributed by atoms with van der Waals surface area (Å²) in [5.41, 5.74) is -0.195. The van der Waals surface area contributed by atoms with Crippen molar-refractivity contribution in [3.63, 3.8) is 0 Å². The molecule has 3 amide bonds. The molecule has 156 valence electrons. The van der Waals surface area contributed by atoms with Gasteiger partial charge < -0.3 is 20.6 Å². The molecule has 29 heavy (non-hydrogen) atoms. The van der Waals surface area contributed by atoms with Crippen molar-refractivity contribution >= 4 is 17.7 Å². The van der Waals surface area contributed by atoms with Gasteiger partial charge in [0.15, 0.2) is 5.60 Å². The zero-order valence-electron chi connectivity index (χ0n) is 15.6. The highest BCUT2D eigenvalue weighted by molar-refractivity contribution is 6.05. The smallest absolute Gasteiger partial charge is 0.290 e. The van der Waals surface area contributed by atoms with Crippen LogP contribution < -0.4 is 16.0 Å². The summed E-state index contributed by atoms with van der Waals surface area (Å²) in [5, 5.41) is 17.4. The number of amides is 3. The molecule has 2 fully saturated rings. The molecule has 2 saturated heterocycles. The van der Waals surface area contributed by atoms with Crippen molar-refractivity contribution in [3.8, 4) is 0 Å². The van der Waals surface area contributed by atoms with Crippen LogP contribution in [0.25, 0.3) is 0 Å². The molecule has 3 aliphatic heterocycles. The molecule has 4 rings (SSSR count). The van der Waals surface area contributed by atoms with Gasteiger partial charge in [-0.1, -0.05) is 12.1 Å². The van der Waals surface area contributed by atoms with E-state index in [1.165, 1.54) is 4.90 Å². The molecule has 1 atom stereocenters. The Bertz CT molecular complexity index is 872. The quantitative estimate of drug-likeness (QED) is 0.473. The van der Waals surface area contributed by atoms with Crippen molar-refractivity contribution in [3.05, 3.63) is 34.9 Å². The average Bonchev–Trinajstić information content (AvgIpc) is 2.96. The molecule has 0 bridgehead atoms. The number of hydrogen-bond acceptors (Lipinski definition) is 6. The molecule has 8 nitrogen and oxygen atoms in total. The summed E-state index contributed by atoms with van der Waals surface area (Å²) in [6.07, 6.45) is 0.466. The highest BCUT2D eigenvalue weighted by atomic mass is 19.3. The summed E-state index contributed by atoms with van der Waals surface area (Å²) in [4.78, 5) is 37.6. The summed E-state index contributed by atoms with van der Waals surface area (Å²) >= 11 is 0. The van der Waals surface area contributed by atoms with Crippen LogP contribution in [0, 0.1) is 0 Å². The number of benzene rings is 1. The molecular weight excluding hydrogens is 386 g/mol. The van der Waals surface area contributed by atoms with Crippen LogP contribution in [0.2, 0.25) is 0 Å². The van der Waals surface area contributed by atoms with Crippen LogP contribution >= 0.6 is 0 Å². The summed E-state index contributed by atoms with van der Waals surface area (Å²) in [6, 6.07) is 4.43. The topological polar surface area (TPSA) is 111 Å². The Kier molecular flexibility index (Phi) is 4.88. The molecule has 4 N–H and O–H groups in total. The number of carbonyl (C=O) groups is 3. The van der Waals surface area contributed by atoms with Gasteiger partial charge in [0, 0.05) is 38.2 Å². The molecule has 0 radical (unpaired) electrons. The van der Waals surface area contributed by atoms with Gasteiger partial charge in [-0.3, -0.25) is 19.7 Å². The van der Waals surface area contributed by atoms with E-state index in [9.17, 15) is 28.3 Å². The van der Waals surface area contributed by atoms with E-state index in [2.05, 4.69) is 16.0 Å². The molecule has 0 saturated carbocycles. The van der Waals surface area contributed by atoms with Crippen LogP contribution in [-0.2, 0) is 22.7 Å². The minimum absolute atomic E-state index is 0.109. The van der Waals surface area contributed by atoms with E-state index in [1.807, 2.05) is 0 Å². The first-order chi connectivity index (χ1) is 13.7. The lowest BCUT2D eigenvalue weighted by Crippen LogP contribution is -2.71. The number of β-amino-alcohol motifs (C(OH)–C–C–N with tert-alkyl or cyclic N) is 1. The number of rotatable bonds is 6. The molecule has 0 spiro atoms. The van der Waals surface area contributed by atoms with Crippen LogP contribution in [0.4, 0.5) is 8.78 Å². The number of piperidine rings is 1. The van der Waals surface area contributed by atoms with E-state index >= 15 is 0 Å². The van der Waals surface area contributed by atoms with Crippen molar-refractivity contribution in [2.24, 2.45) is 0 Å². The molecule has 10 heteroatoms. The van der Waals surface area contributed by atoms with Gasteiger partial charge in [-0.2, -0.15) is 0 Å². The Morgan fingerprint density at radius 2 is 2.03 bits per heavy atom. The summed E-state index contributed by atoms with van der Waals surface area (Å²) < 4.78 is 28.2. The van der Waals surface area contributed by atoms with Gasteiger partial charge in [0.25, 0.3) is 11.8 Å². The number of nitrogens with zero attached hydrogens (tertiary/aromatic N) is 1. The van der Waals surface area contributed by atoms with Crippen molar-refractivity contribution in [2.75, 3.05) is 19.6 Å². The van der Waals surface area contributed by atoms with E-state index in [0.29, 0.717) is 11.1 Å². The first-order valence-corrected chi connectivity index (χ1v) is 9.48. The third-order valence-corrected chi connectivity index (χ3v) is 5.78. The van der Waals surface area contributed by atoms with Crippen LogP contribution in [0.1, 0.15) is 34.3 Å². The predicted molar refractivity (Wildman–Crippen MR) is 97.0 cm³/mol. The zero-order chi connectivity index (χ0) is 20.8. The number of alkyl halides is 2. The first-order valence-electron chi connectivity index (χ1n) is 9.48. The van der Waals surface area contributed by atoms with E-state index in [1.54, 1.807) is 18.2 Å². The van der Waals surface area contributed by atoms with Gasteiger partial charge >= 0.3 is 0 Å². The number of halogens is 2. The van der Waals surface area contributed by atoms with Gasteiger partial charge in [-0.25, -0.2) is 8.78 Å². The second kappa shape index (κ2) is 7.12. The lowest BCUT2D eigenvalue weighted by Gasteiger charge is -2.43. The Hall–Kier alpha value is -2.43. The number of carbonyl (C=O) groups excluding carboxylic acids is 3. The lowest BCUT2D eigenvalue weighted by molar-refractivity contribution is -0.199. The zero-order valence-corrected chi connectivity index (χ0v) is 15.6. The maximum Gasteiger partial charge on any atom is 0.290 e. The summed E-state index contributed by atoms with van der Waals surface area (Å²) in [5.74, 6) is -4.40. The Labute approximate surface area is 165 Å². The van der Waals surface area contributed by atoms with Gasteiger partial charge in [0.1, 0.15) is 6.04 Å². The second-order valence-electron chi connectivity index (χ2n) is 7.83. The normalized spacial score (nSPS) is 23.6. The van der Waals surface area contributed by atoms with Gasteiger partial charge in [-0.15, -0.1) is 0 Å². The number of fused-ring (bicyclic) bond motifs is 1. The minimum Gasteiger partial charge on any atom is -0.381 e. The molecule has 0 aliphatic carbocycles. The van der Waals surface area contributed by atoms with Crippen molar-refractivity contribution < 1.29 is 28.3 Å². The van der Waals surface area contributed by atoms with E-state index in [0.717, 1.165) is 5.56 Å². The minimum atomic E-state index is -3.27. The lowest BCUT2D eigenvalue weighted by atomic mass is 9.89. The molecular formula is C19H22F2N4O4. The van der Waals surface area contributed by atoms with Gasteiger partial charge in [-0.05, 0) is 23.6 Å². The molecule has 1 aromatic carbocycles. The predicted octanol–water partition coefficient (Wildman–Crippen LogP) is -0.493. The van der Waals surface area contributed by atoms with Crippen LogP contribution in [0.15, 0.2) is 18.2 Å². The van der Waals surface area contributed by atoms with Crippen molar-refractivity contribution in [1.82, 2.24) is 20.9 Å². The fraction of sp³-hybridized carbons (Fsp3) is 0.526. The highest BCUT2D eigenvalue weighted by Crippen LogP contribution is 2.32. The standard InChI is InChI=1S/C19H22F2N4O4/c20-19(21,18(29)8-23-9-18)10-22-6-11-1-2-12-7-25(17(28)13(12)5-11)14-3-4-15(26)24-16(14)27/h1-2,5,14,22-23,29H,3-4,6-10H2,(H,24,26,27). The summed E-state index contributed by atoms with van der Waals surface area (Å²) in [7, 11) is 0. The molecule has 3 heterocycles. The number of hydrogen-bond donors (Lipinski definition) is 4.